The summed E-state index contributed by atoms with van der Waals surface area (Å²) in [5, 5.41) is 3.99. The van der Waals surface area contributed by atoms with Crippen LogP contribution in [0.3, 0.4) is 0 Å². The minimum atomic E-state index is -3.31. The molecule has 7 heteroatoms. The Morgan fingerprint density at radius 2 is 2.21 bits per heavy atom. The highest BCUT2D eigenvalue weighted by atomic mass is 32.2. The Labute approximate surface area is 110 Å². The fraction of sp³-hybridized carbons (Fsp3) is 0.250. The van der Waals surface area contributed by atoms with Crippen molar-refractivity contribution in [1.29, 1.82) is 0 Å². The van der Waals surface area contributed by atoms with Gasteiger partial charge in [-0.05, 0) is 17.7 Å². The minimum Gasteiger partial charge on any atom is -0.328 e. The van der Waals surface area contributed by atoms with Crippen LogP contribution in [0.2, 0.25) is 0 Å². The molecule has 0 saturated heterocycles. The van der Waals surface area contributed by atoms with E-state index in [1.165, 1.54) is 29.2 Å². The maximum Gasteiger partial charge on any atom is 0.178 e. The number of nitrogens with two attached hydrogens (primary N) is 1. The monoisotopic (exact) mass is 283 g/mol. The van der Waals surface area contributed by atoms with Gasteiger partial charge in [0.05, 0.1) is 12.2 Å². The van der Waals surface area contributed by atoms with E-state index < -0.39 is 15.9 Å². The Kier molecular flexibility index (Phi) is 3.68. The summed E-state index contributed by atoms with van der Waals surface area (Å²) in [6.45, 7) is 0.189. The van der Waals surface area contributed by atoms with Crippen molar-refractivity contribution in [3.05, 3.63) is 48.0 Å². The molecule has 102 valence electrons. The van der Waals surface area contributed by atoms with E-state index >= 15 is 0 Å². The predicted molar refractivity (Wildman–Crippen MR) is 68.9 cm³/mol. The number of aromatic nitrogens is 2. The Morgan fingerprint density at radius 3 is 2.74 bits per heavy atom. The largest absolute Gasteiger partial charge is 0.328 e. The third-order valence-corrected chi connectivity index (χ3v) is 3.85. The van der Waals surface area contributed by atoms with Crippen molar-refractivity contribution in [3.8, 4) is 0 Å². The van der Waals surface area contributed by atoms with Crippen molar-refractivity contribution in [2.75, 3.05) is 12.8 Å². The second-order valence-electron chi connectivity index (χ2n) is 4.23. The van der Waals surface area contributed by atoms with Gasteiger partial charge in [-0.15, -0.1) is 0 Å². The van der Waals surface area contributed by atoms with Gasteiger partial charge >= 0.3 is 0 Å². The SMILES string of the molecule is CS(=O)(=O)c1cnn(C(CN)c2cccc(F)c2)c1. The molecule has 0 fully saturated rings. The molecule has 0 bridgehead atoms. The zero-order chi connectivity index (χ0) is 14.0. The third kappa shape index (κ3) is 2.99. The molecule has 1 heterocycles. The van der Waals surface area contributed by atoms with Crippen molar-refractivity contribution in [2.45, 2.75) is 10.9 Å². The summed E-state index contributed by atoms with van der Waals surface area (Å²) in [4.78, 5) is 0.113. The zero-order valence-electron chi connectivity index (χ0n) is 10.3. The van der Waals surface area contributed by atoms with E-state index in [-0.39, 0.29) is 17.3 Å². The second kappa shape index (κ2) is 5.10. The van der Waals surface area contributed by atoms with E-state index in [4.69, 9.17) is 5.73 Å². The number of benzene rings is 1. The molecular weight excluding hydrogens is 269 g/mol. The van der Waals surface area contributed by atoms with Crippen molar-refractivity contribution >= 4 is 9.84 Å². The van der Waals surface area contributed by atoms with Crippen molar-refractivity contribution < 1.29 is 12.8 Å². The lowest BCUT2D eigenvalue weighted by atomic mass is 10.1. The number of sulfone groups is 1. The molecule has 2 aromatic rings. The van der Waals surface area contributed by atoms with Crippen LogP contribution >= 0.6 is 0 Å². The normalized spacial score (nSPS) is 13.4. The lowest BCUT2D eigenvalue weighted by Gasteiger charge is -2.15. The first kappa shape index (κ1) is 13.7. The highest BCUT2D eigenvalue weighted by Crippen LogP contribution is 2.19. The molecule has 1 aromatic heterocycles. The van der Waals surface area contributed by atoms with Crippen LogP contribution in [0.5, 0.6) is 0 Å². The van der Waals surface area contributed by atoms with E-state index in [1.54, 1.807) is 12.1 Å². The van der Waals surface area contributed by atoms with Crippen molar-refractivity contribution in [1.82, 2.24) is 9.78 Å². The summed E-state index contributed by atoms with van der Waals surface area (Å²) in [5.74, 6) is -0.369. The van der Waals surface area contributed by atoms with Crippen LogP contribution in [0.1, 0.15) is 11.6 Å². The lowest BCUT2D eigenvalue weighted by Crippen LogP contribution is -2.21. The average Bonchev–Trinajstić information content (AvgIpc) is 2.79. The lowest BCUT2D eigenvalue weighted by molar-refractivity contribution is 0.525. The first-order valence-corrected chi connectivity index (χ1v) is 7.50. The Balaban J connectivity index is 2.40. The van der Waals surface area contributed by atoms with Crippen molar-refractivity contribution in [2.24, 2.45) is 5.73 Å². The maximum atomic E-state index is 13.2. The van der Waals surface area contributed by atoms with E-state index in [2.05, 4.69) is 5.10 Å². The van der Waals surface area contributed by atoms with Gasteiger partial charge in [0.2, 0.25) is 0 Å². The van der Waals surface area contributed by atoms with Crippen LogP contribution in [0.25, 0.3) is 0 Å². The molecule has 2 N–H and O–H groups in total. The molecule has 1 atom stereocenters. The molecule has 0 aliphatic carbocycles. The van der Waals surface area contributed by atoms with E-state index in [0.717, 1.165) is 6.26 Å². The van der Waals surface area contributed by atoms with Gasteiger partial charge in [0, 0.05) is 19.0 Å². The van der Waals surface area contributed by atoms with Gasteiger partial charge in [-0.25, -0.2) is 12.8 Å². The van der Waals surface area contributed by atoms with Gasteiger partial charge in [-0.2, -0.15) is 5.10 Å². The van der Waals surface area contributed by atoms with E-state index in [1.807, 2.05) is 0 Å². The summed E-state index contributed by atoms with van der Waals surface area (Å²) in [6, 6.07) is 5.60. The van der Waals surface area contributed by atoms with Crippen molar-refractivity contribution in [3.63, 3.8) is 0 Å². The summed E-state index contributed by atoms with van der Waals surface area (Å²) in [5.41, 5.74) is 6.32. The topological polar surface area (TPSA) is 78.0 Å². The molecule has 2 rings (SSSR count). The quantitative estimate of drug-likeness (QED) is 0.907. The first-order valence-electron chi connectivity index (χ1n) is 5.61. The molecule has 0 aliphatic rings. The van der Waals surface area contributed by atoms with Gasteiger partial charge in [-0.3, -0.25) is 4.68 Å². The minimum absolute atomic E-state index is 0.113. The van der Waals surface area contributed by atoms with Gasteiger partial charge in [0.25, 0.3) is 0 Å². The Bertz CT molecular complexity index is 682. The van der Waals surface area contributed by atoms with Crippen LogP contribution in [0.15, 0.2) is 41.6 Å². The zero-order valence-corrected chi connectivity index (χ0v) is 11.1. The van der Waals surface area contributed by atoms with Gasteiger partial charge < -0.3 is 5.73 Å². The second-order valence-corrected chi connectivity index (χ2v) is 6.25. The summed E-state index contributed by atoms with van der Waals surface area (Å²) in [7, 11) is -3.31. The number of hydrogen-bond donors (Lipinski definition) is 1. The van der Waals surface area contributed by atoms with Gasteiger partial charge in [0.15, 0.2) is 9.84 Å². The molecule has 1 unspecified atom stereocenters. The summed E-state index contributed by atoms with van der Waals surface area (Å²) >= 11 is 0. The Morgan fingerprint density at radius 1 is 1.47 bits per heavy atom. The average molecular weight is 283 g/mol. The standard InChI is InChI=1S/C12H14FN3O2S/c1-19(17,18)11-7-15-16(8-11)12(6-14)9-3-2-4-10(13)5-9/h2-5,7-8,12H,6,14H2,1H3. The number of hydrogen-bond acceptors (Lipinski definition) is 4. The molecule has 1 aromatic carbocycles. The van der Waals surface area contributed by atoms with Gasteiger partial charge in [0.1, 0.15) is 10.7 Å². The number of halogens is 1. The third-order valence-electron chi connectivity index (χ3n) is 2.78. The molecular formula is C12H14FN3O2S. The summed E-state index contributed by atoms with van der Waals surface area (Å²) in [6.07, 6.45) is 3.77. The number of rotatable bonds is 4. The maximum absolute atomic E-state index is 13.2. The molecule has 0 saturated carbocycles. The van der Waals surface area contributed by atoms with Crippen LogP contribution in [-0.4, -0.2) is 31.0 Å². The molecule has 0 radical (unpaired) electrons. The smallest absolute Gasteiger partial charge is 0.178 e. The molecule has 19 heavy (non-hydrogen) atoms. The van der Waals surface area contributed by atoms with Gasteiger partial charge in [-0.1, -0.05) is 12.1 Å². The molecule has 0 aliphatic heterocycles. The summed E-state index contributed by atoms with van der Waals surface area (Å²) < 4.78 is 37.4. The highest BCUT2D eigenvalue weighted by Gasteiger charge is 2.17. The predicted octanol–water partition coefficient (Wildman–Crippen LogP) is 0.974. The Hall–Kier alpha value is -1.73. The van der Waals surface area contributed by atoms with Crippen LogP contribution in [0, 0.1) is 5.82 Å². The van der Waals surface area contributed by atoms with E-state index in [9.17, 15) is 12.8 Å². The number of nitrogens with zero attached hydrogens (tertiary/aromatic N) is 2. The van der Waals surface area contributed by atoms with E-state index in [0.29, 0.717) is 5.56 Å². The highest BCUT2D eigenvalue weighted by molar-refractivity contribution is 7.90. The van der Waals surface area contributed by atoms with Crippen LogP contribution in [-0.2, 0) is 9.84 Å². The fourth-order valence-electron chi connectivity index (χ4n) is 1.79. The first-order chi connectivity index (χ1) is 8.91. The fourth-order valence-corrected chi connectivity index (χ4v) is 2.33. The van der Waals surface area contributed by atoms with Crippen LogP contribution < -0.4 is 5.73 Å². The molecule has 0 amide bonds. The molecule has 0 spiro atoms. The molecule has 5 nitrogen and oxygen atoms in total. The van der Waals surface area contributed by atoms with Crippen LogP contribution in [0.4, 0.5) is 4.39 Å².